The van der Waals surface area contributed by atoms with Gasteiger partial charge in [-0.25, -0.2) is 5.01 Å². The summed E-state index contributed by atoms with van der Waals surface area (Å²) in [5, 5.41) is 14.7. The van der Waals surface area contributed by atoms with Crippen molar-refractivity contribution < 1.29 is 18.4 Å². The SMILES string of the molecule is COc1ccc(C2=NN(C(=O)CSc3nnc(Cc4ccccc4)o3)[C@@H](c3ccco3)C2)cc1. The summed E-state index contributed by atoms with van der Waals surface area (Å²) in [7, 11) is 1.63. The molecule has 1 atom stereocenters. The molecular formula is C25H22N4O4S. The van der Waals surface area contributed by atoms with Gasteiger partial charge in [-0.1, -0.05) is 42.1 Å². The highest BCUT2D eigenvalue weighted by Gasteiger charge is 2.35. The maximum Gasteiger partial charge on any atom is 0.277 e. The van der Waals surface area contributed by atoms with Crippen LogP contribution in [0.25, 0.3) is 0 Å². The van der Waals surface area contributed by atoms with Crippen molar-refractivity contribution in [1.29, 1.82) is 0 Å². The van der Waals surface area contributed by atoms with E-state index in [9.17, 15) is 4.79 Å². The molecule has 0 fully saturated rings. The number of amides is 1. The number of nitrogens with zero attached hydrogens (tertiary/aromatic N) is 4. The fraction of sp³-hybridized carbons (Fsp3) is 0.200. The van der Waals surface area contributed by atoms with Crippen molar-refractivity contribution in [3.8, 4) is 5.75 Å². The number of hydrogen-bond acceptors (Lipinski definition) is 8. The first-order valence-electron chi connectivity index (χ1n) is 10.8. The second-order valence-corrected chi connectivity index (χ2v) is 8.59. The first-order valence-corrected chi connectivity index (χ1v) is 11.7. The lowest BCUT2D eigenvalue weighted by Crippen LogP contribution is -2.28. The molecule has 172 valence electrons. The van der Waals surface area contributed by atoms with Gasteiger partial charge in [0, 0.05) is 6.42 Å². The zero-order valence-corrected chi connectivity index (χ0v) is 19.3. The third kappa shape index (κ3) is 4.89. The van der Waals surface area contributed by atoms with E-state index < -0.39 is 0 Å². The Labute approximate surface area is 200 Å². The van der Waals surface area contributed by atoms with E-state index in [2.05, 4.69) is 15.3 Å². The Bertz CT molecular complexity index is 1270. The largest absolute Gasteiger partial charge is 0.497 e. The first kappa shape index (κ1) is 22.0. The molecule has 0 radical (unpaired) electrons. The number of carbonyl (C=O) groups is 1. The molecule has 1 amide bonds. The number of furan rings is 1. The van der Waals surface area contributed by atoms with Gasteiger partial charge in [-0.3, -0.25) is 4.79 Å². The van der Waals surface area contributed by atoms with Crippen molar-refractivity contribution in [3.05, 3.63) is 95.8 Å². The topological polar surface area (TPSA) is 94.0 Å². The minimum Gasteiger partial charge on any atom is -0.497 e. The summed E-state index contributed by atoms with van der Waals surface area (Å²) in [6, 6.07) is 20.9. The summed E-state index contributed by atoms with van der Waals surface area (Å²) in [5.41, 5.74) is 2.82. The third-order valence-electron chi connectivity index (χ3n) is 5.43. The second-order valence-electron chi connectivity index (χ2n) is 7.66. The van der Waals surface area contributed by atoms with Gasteiger partial charge in [0.05, 0.1) is 31.3 Å². The Morgan fingerprint density at radius 1 is 1.09 bits per heavy atom. The molecule has 8 nitrogen and oxygen atoms in total. The molecule has 9 heteroatoms. The van der Waals surface area contributed by atoms with Crippen LogP contribution in [0.1, 0.15) is 35.2 Å². The summed E-state index contributed by atoms with van der Waals surface area (Å²) in [5.74, 6) is 1.91. The van der Waals surface area contributed by atoms with Crippen molar-refractivity contribution in [3.63, 3.8) is 0 Å². The molecule has 1 aliphatic heterocycles. The van der Waals surface area contributed by atoms with E-state index >= 15 is 0 Å². The number of aromatic nitrogens is 2. The predicted octanol–water partition coefficient (Wildman–Crippen LogP) is 4.73. The monoisotopic (exact) mass is 474 g/mol. The number of rotatable bonds is 8. The Balaban J connectivity index is 1.28. The number of benzene rings is 2. The minimum absolute atomic E-state index is 0.115. The lowest BCUT2D eigenvalue weighted by molar-refractivity contribution is -0.130. The van der Waals surface area contributed by atoms with Crippen LogP contribution in [-0.2, 0) is 11.2 Å². The average Bonchev–Trinajstić information content (AvgIpc) is 3.64. The Morgan fingerprint density at radius 3 is 2.65 bits per heavy atom. The van der Waals surface area contributed by atoms with E-state index in [-0.39, 0.29) is 17.7 Å². The highest BCUT2D eigenvalue weighted by Crippen LogP contribution is 2.34. The molecule has 2 aromatic carbocycles. The van der Waals surface area contributed by atoms with Crippen LogP contribution < -0.4 is 4.74 Å². The van der Waals surface area contributed by atoms with Crippen molar-refractivity contribution in [1.82, 2.24) is 15.2 Å². The van der Waals surface area contributed by atoms with Gasteiger partial charge in [-0.15, -0.1) is 10.2 Å². The van der Waals surface area contributed by atoms with E-state index in [1.165, 1.54) is 16.8 Å². The Morgan fingerprint density at radius 2 is 1.91 bits per heavy atom. The average molecular weight is 475 g/mol. The second kappa shape index (κ2) is 9.96. The van der Waals surface area contributed by atoms with Crippen LogP contribution in [0, 0.1) is 0 Å². The summed E-state index contributed by atoms with van der Waals surface area (Å²) < 4.78 is 16.6. The minimum atomic E-state index is -0.309. The standard InChI is InChI=1S/C25H22N4O4S/c1-31-19-11-9-18(10-12-19)20-15-21(22-8-5-13-32-22)29(28-20)24(30)16-34-25-27-26-23(33-25)14-17-6-3-2-4-7-17/h2-13,21H,14-16H2,1H3/t21-/m1/s1. The van der Waals surface area contributed by atoms with Crippen LogP contribution in [0.15, 0.2) is 92.2 Å². The fourth-order valence-corrected chi connectivity index (χ4v) is 4.36. The molecular weight excluding hydrogens is 452 g/mol. The van der Waals surface area contributed by atoms with Gasteiger partial charge in [-0.05, 0) is 47.5 Å². The molecule has 0 bridgehead atoms. The summed E-state index contributed by atoms with van der Waals surface area (Å²) in [4.78, 5) is 13.1. The number of thioether (sulfide) groups is 1. The molecule has 0 saturated carbocycles. The Kier molecular flexibility index (Phi) is 6.44. The number of ether oxygens (including phenoxy) is 1. The number of methoxy groups -OCH3 is 1. The van der Waals surface area contributed by atoms with Gasteiger partial charge >= 0.3 is 0 Å². The molecule has 4 aromatic rings. The lowest BCUT2D eigenvalue weighted by atomic mass is 10.0. The van der Waals surface area contributed by atoms with Gasteiger partial charge in [0.15, 0.2) is 0 Å². The van der Waals surface area contributed by atoms with Crippen LogP contribution in [-0.4, -0.2) is 39.7 Å². The highest BCUT2D eigenvalue weighted by atomic mass is 32.2. The summed E-state index contributed by atoms with van der Waals surface area (Å²) in [6.45, 7) is 0. The van der Waals surface area contributed by atoms with E-state index in [0.717, 1.165) is 22.6 Å². The molecule has 0 N–H and O–H groups in total. The molecule has 5 rings (SSSR count). The van der Waals surface area contributed by atoms with Crippen LogP contribution in [0.5, 0.6) is 5.75 Å². The maximum atomic E-state index is 13.1. The molecule has 34 heavy (non-hydrogen) atoms. The zero-order chi connectivity index (χ0) is 23.3. The predicted molar refractivity (Wildman–Crippen MR) is 127 cm³/mol. The zero-order valence-electron chi connectivity index (χ0n) is 18.5. The van der Waals surface area contributed by atoms with E-state index in [4.69, 9.17) is 13.6 Å². The van der Waals surface area contributed by atoms with E-state index in [1.54, 1.807) is 13.4 Å². The fourth-order valence-electron chi connectivity index (χ4n) is 3.73. The van der Waals surface area contributed by atoms with Gasteiger partial charge in [-0.2, -0.15) is 5.10 Å². The van der Waals surface area contributed by atoms with Gasteiger partial charge in [0.1, 0.15) is 17.6 Å². The van der Waals surface area contributed by atoms with Crippen molar-refractivity contribution in [2.45, 2.75) is 24.1 Å². The number of hydrazone groups is 1. The molecule has 0 aliphatic carbocycles. The first-order chi connectivity index (χ1) is 16.7. The quantitative estimate of drug-likeness (QED) is 0.341. The molecule has 1 aliphatic rings. The highest BCUT2D eigenvalue weighted by molar-refractivity contribution is 7.99. The van der Waals surface area contributed by atoms with Gasteiger partial charge < -0.3 is 13.6 Å². The van der Waals surface area contributed by atoms with Crippen molar-refractivity contribution >= 4 is 23.4 Å². The summed E-state index contributed by atoms with van der Waals surface area (Å²) in [6.07, 6.45) is 2.70. The summed E-state index contributed by atoms with van der Waals surface area (Å²) >= 11 is 1.20. The van der Waals surface area contributed by atoms with Crippen LogP contribution >= 0.6 is 11.8 Å². The van der Waals surface area contributed by atoms with Crippen LogP contribution in [0.3, 0.4) is 0 Å². The third-order valence-corrected chi connectivity index (χ3v) is 6.23. The van der Waals surface area contributed by atoms with Crippen molar-refractivity contribution in [2.75, 3.05) is 12.9 Å². The Hall–Kier alpha value is -3.85. The number of carbonyl (C=O) groups excluding carboxylic acids is 1. The van der Waals surface area contributed by atoms with Gasteiger partial charge in [0.2, 0.25) is 5.89 Å². The van der Waals surface area contributed by atoms with Crippen molar-refractivity contribution in [2.24, 2.45) is 5.10 Å². The molecule has 0 spiro atoms. The molecule has 0 saturated heterocycles. The van der Waals surface area contributed by atoms with E-state index in [0.29, 0.717) is 29.7 Å². The number of hydrogen-bond donors (Lipinski definition) is 0. The normalized spacial score (nSPS) is 15.4. The smallest absolute Gasteiger partial charge is 0.277 e. The molecule has 2 aromatic heterocycles. The molecule has 3 heterocycles. The maximum absolute atomic E-state index is 13.1. The van der Waals surface area contributed by atoms with E-state index in [1.807, 2.05) is 66.7 Å². The van der Waals surface area contributed by atoms with Crippen LogP contribution in [0.4, 0.5) is 0 Å². The van der Waals surface area contributed by atoms with Gasteiger partial charge in [0.25, 0.3) is 11.1 Å². The lowest BCUT2D eigenvalue weighted by Gasteiger charge is -2.19. The van der Waals surface area contributed by atoms with Crippen LogP contribution in [0.2, 0.25) is 0 Å². The molecule has 0 unspecified atom stereocenters.